The number of pyridine rings is 1. The van der Waals surface area contributed by atoms with Crippen LogP contribution in [-0.4, -0.2) is 39.6 Å². The van der Waals surface area contributed by atoms with Crippen LogP contribution in [0.15, 0.2) is 30.6 Å². The zero-order valence-electron chi connectivity index (χ0n) is 11.5. The van der Waals surface area contributed by atoms with Gasteiger partial charge in [0.05, 0.1) is 17.3 Å². The van der Waals surface area contributed by atoms with E-state index in [4.69, 9.17) is 5.73 Å². The minimum Gasteiger partial charge on any atom is -0.336 e. The Morgan fingerprint density at radius 2 is 2.35 bits per heavy atom. The first-order chi connectivity index (χ1) is 9.81. The van der Waals surface area contributed by atoms with Crippen molar-refractivity contribution in [2.45, 2.75) is 31.7 Å². The Kier molecular flexibility index (Phi) is 3.69. The van der Waals surface area contributed by atoms with Crippen LogP contribution in [0.4, 0.5) is 0 Å². The second-order valence-corrected chi connectivity index (χ2v) is 5.31. The summed E-state index contributed by atoms with van der Waals surface area (Å²) in [6.07, 6.45) is 7.69. The second-order valence-electron chi connectivity index (χ2n) is 5.31. The van der Waals surface area contributed by atoms with E-state index < -0.39 is 0 Å². The third-order valence-electron chi connectivity index (χ3n) is 4.04. The number of nitrogens with zero attached hydrogens (tertiary/aromatic N) is 3. The van der Waals surface area contributed by atoms with Crippen molar-refractivity contribution in [3.8, 4) is 0 Å². The first-order valence-electron chi connectivity index (χ1n) is 7.24. The van der Waals surface area contributed by atoms with E-state index in [9.17, 15) is 4.79 Å². The fourth-order valence-electron chi connectivity index (χ4n) is 3.01. The van der Waals surface area contributed by atoms with Crippen LogP contribution in [0, 0.1) is 0 Å². The number of amides is 1. The van der Waals surface area contributed by atoms with Crippen molar-refractivity contribution in [2.75, 3.05) is 13.1 Å². The molecule has 0 radical (unpaired) electrons. The summed E-state index contributed by atoms with van der Waals surface area (Å²) in [5, 5.41) is 4.25. The van der Waals surface area contributed by atoms with Crippen molar-refractivity contribution in [1.82, 2.24) is 14.5 Å². The molecule has 1 amide bonds. The summed E-state index contributed by atoms with van der Waals surface area (Å²) < 4.78 is 1.75. The molecule has 5 heteroatoms. The third-order valence-corrected chi connectivity index (χ3v) is 4.04. The lowest BCUT2D eigenvalue weighted by Gasteiger charge is -2.24. The van der Waals surface area contributed by atoms with Crippen LogP contribution in [0.3, 0.4) is 0 Å². The van der Waals surface area contributed by atoms with Crippen molar-refractivity contribution >= 4 is 11.4 Å². The van der Waals surface area contributed by atoms with Crippen molar-refractivity contribution < 1.29 is 4.79 Å². The fourth-order valence-corrected chi connectivity index (χ4v) is 3.01. The van der Waals surface area contributed by atoms with Gasteiger partial charge in [-0.3, -0.25) is 4.79 Å². The monoisotopic (exact) mass is 272 g/mol. The van der Waals surface area contributed by atoms with Crippen LogP contribution in [-0.2, 0) is 0 Å². The second kappa shape index (κ2) is 5.63. The van der Waals surface area contributed by atoms with Gasteiger partial charge in [-0.25, -0.2) is 4.52 Å². The van der Waals surface area contributed by atoms with Gasteiger partial charge in [0.2, 0.25) is 0 Å². The fraction of sp³-hybridized carbons (Fsp3) is 0.467. The summed E-state index contributed by atoms with van der Waals surface area (Å²) in [7, 11) is 0. The highest BCUT2D eigenvalue weighted by Crippen LogP contribution is 2.24. The van der Waals surface area contributed by atoms with Crippen molar-refractivity contribution in [1.29, 1.82) is 0 Å². The maximum Gasteiger partial charge on any atom is 0.257 e. The molecule has 2 aromatic heterocycles. The maximum atomic E-state index is 12.7. The largest absolute Gasteiger partial charge is 0.336 e. The number of likely N-dealkylation sites (tertiary alicyclic amines) is 1. The molecule has 0 spiro atoms. The molecule has 0 bridgehead atoms. The Morgan fingerprint density at radius 1 is 1.45 bits per heavy atom. The van der Waals surface area contributed by atoms with Crippen LogP contribution in [0.5, 0.6) is 0 Å². The molecular weight excluding hydrogens is 252 g/mol. The topological polar surface area (TPSA) is 63.6 Å². The number of hydrogen-bond donors (Lipinski definition) is 1. The predicted molar refractivity (Wildman–Crippen MR) is 77.5 cm³/mol. The molecule has 1 atom stereocenters. The van der Waals surface area contributed by atoms with E-state index in [0.717, 1.165) is 37.7 Å². The summed E-state index contributed by atoms with van der Waals surface area (Å²) in [6.45, 7) is 1.54. The van der Waals surface area contributed by atoms with E-state index in [2.05, 4.69) is 5.10 Å². The zero-order valence-corrected chi connectivity index (χ0v) is 11.5. The van der Waals surface area contributed by atoms with E-state index >= 15 is 0 Å². The van der Waals surface area contributed by atoms with Gasteiger partial charge in [0.1, 0.15) is 0 Å². The highest BCUT2D eigenvalue weighted by Gasteiger charge is 2.30. The summed E-state index contributed by atoms with van der Waals surface area (Å²) in [4.78, 5) is 14.7. The zero-order chi connectivity index (χ0) is 13.9. The molecule has 5 nitrogen and oxygen atoms in total. The first-order valence-corrected chi connectivity index (χ1v) is 7.24. The molecule has 2 N–H and O–H groups in total. The van der Waals surface area contributed by atoms with Crippen LogP contribution in [0.25, 0.3) is 5.52 Å². The number of hydrogen-bond acceptors (Lipinski definition) is 3. The average molecular weight is 272 g/mol. The van der Waals surface area contributed by atoms with Crippen molar-refractivity contribution in [3.63, 3.8) is 0 Å². The lowest BCUT2D eigenvalue weighted by molar-refractivity contribution is 0.0731. The summed E-state index contributed by atoms with van der Waals surface area (Å²) >= 11 is 0. The molecule has 2 aromatic rings. The smallest absolute Gasteiger partial charge is 0.257 e. The molecule has 1 aliphatic heterocycles. The molecule has 106 valence electrons. The van der Waals surface area contributed by atoms with Gasteiger partial charge in [-0.2, -0.15) is 5.10 Å². The summed E-state index contributed by atoms with van der Waals surface area (Å²) in [5.74, 6) is 0.103. The van der Waals surface area contributed by atoms with E-state index in [1.165, 1.54) is 0 Å². The molecule has 1 unspecified atom stereocenters. The van der Waals surface area contributed by atoms with Gasteiger partial charge in [0, 0.05) is 18.8 Å². The minimum atomic E-state index is 0.103. The van der Waals surface area contributed by atoms with Gasteiger partial charge in [-0.15, -0.1) is 0 Å². The van der Waals surface area contributed by atoms with Gasteiger partial charge < -0.3 is 10.6 Å². The van der Waals surface area contributed by atoms with Crippen molar-refractivity contribution in [2.24, 2.45) is 5.73 Å². The molecule has 0 aliphatic carbocycles. The van der Waals surface area contributed by atoms with Gasteiger partial charge in [0.25, 0.3) is 5.91 Å². The molecule has 1 fully saturated rings. The van der Waals surface area contributed by atoms with E-state index in [1.54, 1.807) is 10.7 Å². The highest BCUT2D eigenvalue weighted by atomic mass is 16.2. The molecule has 20 heavy (non-hydrogen) atoms. The highest BCUT2D eigenvalue weighted by molar-refractivity contribution is 6.00. The molecule has 3 rings (SSSR count). The number of carbonyl (C=O) groups is 1. The minimum absolute atomic E-state index is 0.103. The van der Waals surface area contributed by atoms with Crippen LogP contribution in [0.2, 0.25) is 0 Å². The number of fused-ring (bicyclic) bond motifs is 1. The quantitative estimate of drug-likeness (QED) is 0.921. The Balaban J connectivity index is 1.84. The molecule has 1 aliphatic rings. The average Bonchev–Trinajstić information content (AvgIpc) is 3.11. The standard InChI is InChI=1S/C15H20N4O/c16-8-3-5-12-6-4-9-18(12)15(20)13-11-17-19-10-2-1-7-14(13)19/h1-2,7,10-12H,3-6,8-9,16H2. The van der Waals surface area contributed by atoms with Crippen LogP contribution >= 0.6 is 0 Å². The number of carbonyl (C=O) groups excluding carboxylic acids is 1. The maximum absolute atomic E-state index is 12.7. The molecule has 3 heterocycles. The lowest BCUT2D eigenvalue weighted by Crippen LogP contribution is -2.35. The Labute approximate surface area is 118 Å². The number of nitrogens with two attached hydrogens (primary N) is 1. The Hall–Kier alpha value is -1.88. The summed E-state index contributed by atoms with van der Waals surface area (Å²) in [6, 6.07) is 6.12. The lowest BCUT2D eigenvalue weighted by atomic mass is 10.1. The molecular formula is C15H20N4O. The Morgan fingerprint density at radius 3 is 3.20 bits per heavy atom. The molecule has 0 saturated carbocycles. The Bertz CT molecular complexity index is 607. The van der Waals surface area contributed by atoms with E-state index in [1.807, 2.05) is 29.3 Å². The number of aromatic nitrogens is 2. The predicted octanol–water partition coefficient (Wildman–Crippen LogP) is 1.68. The van der Waals surface area contributed by atoms with Gasteiger partial charge in [-0.1, -0.05) is 6.07 Å². The molecule has 1 saturated heterocycles. The van der Waals surface area contributed by atoms with Gasteiger partial charge >= 0.3 is 0 Å². The van der Waals surface area contributed by atoms with E-state index in [0.29, 0.717) is 18.2 Å². The van der Waals surface area contributed by atoms with Crippen LogP contribution in [0.1, 0.15) is 36.0 Å². The summed E-state index contributed by atoms with van der Waals surface area (Å²) in [5.41, 5.74) is 7.16. The number of rotatable bonds is 4. The molecule has 0 aromatic carbocycles. The third kappa shape index (κ3) is 2.29. The van der Waals surface area contributed by atoms with Gasteiger partial charge in [0.15, 0.2) is 0 Å². The normalized spacial score (nSPS) is 18.9. The van der Waals surface area contributed by atoms with Crippen LogP contribution < -0.4 is 5.73 Å². The first kappa shape index (κ1) is 13.1. The SMILES string of the molecule is NCCCC1CCCN1C(=O)c1cnn2ccccc12. The van der Waals surface area contributed by atoms with Gasteiger partial charge in [-0.05, 0) is 44.4 Å². The van der Waals surface area contributed by atoms with E-state index in [-0.39, 0.29) is 5.91 Å². The van der Waals surface area contributed by atoms with Crippen molar-refractivity contribution in [3.05, 3.63) is 36.2 Å².